The fourth-order valence-electron chi connectivity index (χ4n) is 3.40. The van der Waals surface area contributed by atoms with E-state index in [1.165, 1.54) is 6.42 Å². The highest BCUT2D eigenvalue weighted by atomic mass is 79.9. The normalized spacial score (nSPS) is 24.2. The van der Waals surface area contributed by atoms with E-state index in [-0.39, 0.29) is 0 Å². The molecule has 3 saturated heterocycles. The van der Waals surface area contributed by atoms with Gasteiger partial charge in [-0.3, -0.25) is 9.88 Å². The van der Waals surface area contributed by atoms with Crippen molar-refractivity contribution >= 4 is 21.9 Å². The van der Waals surface area contributed by atoms with E-state index in [4.69, 9.17) is 0 Å². The lowest BCUT2D eigenvalue weighted by Crippen LogP contribution is -2.69. The minimum absolute atomic E-state index is 0.539. The number of aromatic nitrogens is 3. The van der Waals surface area contributed by atoms with E-state index in [1.807, 2.05) is 25.5 Å². The Kier molecular flexibility index (Phi) is 3.58. The molecule has 3 fully saturated rings. The van der Waals surface area contributed by atoms with Crippen molar-refractivity contribution < 1.29 is 0 Å². The zero-order valence-corrected chi connectivity index (χ0v) is 14.1. The second-order valence-corrected chi connectivity index (χ2v) is 7.09. The first-order valence-corrected chi connectivity index (χ1v) is 8.38. The van der Waals surface area contributed by atoms with Crippen molar-refractivity contribution in [3.8, 4) is 0 Å². The van der Waals surface area contributed by atoms with Crippen LogP contribution < -0.4 is 4.90 Å². The van der Waals surface area contributed by atoms with Crippen LogP contribution in [0.3, 0.4) is 0 Å². The van der Waals surface area contributed by atoms with Crippen molar-refractivity contribution in [2.75, 3.05) is 18.0 Å². The first-order valence-electron chi connectivity index (χ1n) is 7.59. The summed E-state index contributed by atoms with van der Waals surface area (Å²) < 4.78 is 1.03. The van der Waals surface area contributed by atoms with Gasteiger partial charge in [0.05, 0.1) is 5.69 Å². The van der Waals surface area contributed by atoms with Crippen molar-refractivity contribution in [2.24, 2.45) is 0 Å². The molecular formula is C16H18BrN5. The van der Waals surface area contributed by atoms with Crippen molar-refractivity contribution in [1.82, 2.24) is 19.9 Å². The second kappa shape index (κ2) is 5.59. The number of hydrogen-bond acceptors (Lipinski definition) is 5. The van der Waals surface area contributed by atoms with Crippen molar-refractivity contribution in [3.05, 3.63) is 46.5 Å². The number of anilines is 1. The van der Waals surface area contributed by atoms with Crippen LogP contribution >= 0.6 is 15.9 Å². The molecule has 2 bridgehead atoms. The molecule has 0 aliphatic carbocycles. The molecule has 6 heteroatoms. The minimum Gasteiger partial charge on any atom is -0.332 e. The van der Waals surface area contributed by atoms with Gasteiger partial charge in [0.15, 0.2) is 0 Å². The average molecular weight is 360 g/mol. The van der Waals surface area contributed by atoms with Gasteiger partial charge in [0.25, 0.3) is 0 Å². The van der Waals surface area contributed by atoms with Gasteiger partial charge >= 0.3 is 0 Å². The van der Waals surface area contributed by atoms with E-state index in [2.05, 4.69) is 52.8 Å². The summed E-state index contributed by atoms with van der Waals surface area (Å²) in [5.41, 5.74) is 2.24. The van der Waals surface area contributed by atoms with Gasteiger partial charge < -0.3 is 4.90 Å². The molecule has 3 aliphatic heterocycles. The molecule has 0 amide bonds. The Morgan fingerprint density at radius 3 is 2.45 bits per heavy atom. The lowest BCUT2D eigenvalue weighted by molar-refractivity contribution is 0.105. The van der Waals surface area contributed by atoms with E-state index < -0.39 is 0 Å². The van der Waals surface area contributed by atoms with Gasteiger partial charge in [0, 0.05) is 54.8 Å². The summed E-state index contributed by atoms with van der Waals surface area (Å²) >= 11 is 3.43. The van der Waals surface area contributed by atoms with E-state index in [0.29, 0.717) is 12.1 Å². The quantitative estimate of drug-likeness (QED) is 0.841. The van der Waals surface area contributed by atoms with Crippen molar-refractivity contribution in [3.63, 3.8) is 0 Å². The third-order valence-electron chi connectivity index (χ3n) is 4.44. The van der Waals surface area contributed by atoms with Gasteiger partial charge in [0.1, 0.15) is 0 Å². The van der Waals surface area contributed by atoms with Crippen LogP contribution in [0.25, 0.3) is 0 Å². The SMILES string of the molecule is Cc1cnc(N2C3CC2CN(Cc2ccc(Br)cn2)C3)nc1. The molecule has 2 aromatic heterocycles. The van der Waals surface area contributed by atoms with Crippen LogP contribution in [-0.4, -0.2) is 45.0 Å². The summed E-state index contributed by atoms with van der Waals surface area (Å²) in [7, 11) is 0. The summed E-state index contributed by atoms with van der Waals surface area (Å²) in [5.74, 6) is 0.883. The first kappa shape index (κ1) is 14.1. The zero-order chi connectivity index (χ0) is 15.1. The van der Waals surface area contributed by atoms with Crippen LogP contribution in [0.15, 0.2) is 35.2 Å². The number of piperazine rings is 1. The lowest BCUT2D eigenvalue weighted by atomic mass is 9.88. The topological polar surface area (TPSA) is 45.2 Å². The third kappa shape index (κ3) is 2.61. The molecule has 5 nitrogen and oxygen atoms in total. The molecule has 5 heterocycles. The molecule has 22 heavy (non-hydrogen) atoms. The summed E-state index contributed by atoms with van der Waals surface area (Å²) in [6.07, 6.45) is 6.92. The number of aryl methyl sites for hydroxylation is 1. The largest absolute Gasteiger partial charge is 0.332 e. The summed E-state index contributed by atoms with van der Waals surface area (Å²) in [4.78, 5) is 18.3. The van der Waals surface area contributed by atoms with E-state index >= 15 is 0 Å². The Labute approximate surface area is 138 Å². The van der Waals surface area contributed by atoms with Crippen LogP contribution in [0.5, 0.6) is 0 Å². The predicted octanol–water partition coefficient (Wildman–Crippen LogP) is 2.41. The maximum Gasteiger partial charge on any atom is 0.225 e. The maximum atomic E-state index is 4.48. The molecule has 2 aromatic rings. The number of pyridine rings is 1. The van der Waals surface area contributed by atoms with Crippen LogP contribution in [0, 0.1) is 6.92 Å². The average Bonchev–Trinajstić information content (AvgIpc) is 2.52. The smallest absolute Gasteiger partial charge is 0.225 e. The zero-order valence-electron chi connectivity index (χ0n) is 12.5. The predicted molar refractivity (Wildman–Crippen MR) is 88.7 cm³/mol. The number of piperidine rings is 1. The maximum absolute atomic E-state index is 4.48. The van der Waals surface area contributed by atoms with Crippen LogP contribution in [0.4, 0.5) is 5.95 Å². The van der Waals surface area contributed by atoms with Gasteiger partial charge in [-0.2, -0.15) is 0 Å². The van der Waals surface area contributed by atoms with Gasteiger partial charge in [-0.25, -0.2) is 9.97 Å². The highest BCUT2D eigenvalue weighted by molar-refractivity contribution is 9.10. The molecule has 5 rings (SSSR count). The molecule has 114 valence electrons. The Balaban J connectivity index is 1.41. The minimum atomic E-state index is 0.539. The van der Waals surface area contributed by atoms with Crippen LogP contribution in [0.1, 0.15) is 17.7 Å². The molecule has 0 spiro atoms. The molecular weight excluding hydrogens is 342 g/mol. The first-order chi connectivity index (χ1) is 10.7. The molecule has 0 radical (unpaired) electrons. The molecule has 0 N–H and O–H groups in total. The Morgan fingerprint density at radius 2 is 1.82 bits per heavy atom. The standard InChI is InChI=1S/C16H18BrN5/c1-11-5-19-16(20-6-11)22-14-4-15(22)10-21(9-14)8-13-3-2-12(17)7-18-13/h2-3,5-7,14-15H,4,8-10H2,1H3. The van der Waals surface area contributed by atoms with Gasteiger partial charge in [-0.05, 0) is 47.0 Å². The number of halogens is 1. The summed E-state index contributed by atoms with van der Waals surface area (Å²) in [6.45, 7) is 5.06. The van der Waals surface area contributed by atoms with Gasteiger partial charge in [0.2, 0.25) is 5.95 Å². The van der Waals surface area contributed by atoms with Crippen LogP contribution in [-0.2, 0) is 6.54 Å². The number of fused-ring (bicyclic) bond motifs is 2. The molecule has 2 unspecified atom stereocenters. The molecule has 2 atom stereocenters. The Hall–Kier alpha value is -1.53. The second-order valence-electron chi connectivity index (χ2n) is 6.17. The number of nitrogens with zero attached hydrogens (tertiary/aromatic N) is 5. The van der Waals surface area contributed by atoms with Gasteiger partial charge in [-0.1, -0.05) is 0 Å². The molecule has 0 saturated carbocycles. The fraction of sp³-hybridized carbons (Fsp3) is 0.438. The highest BCUT2D eigenvalue weighted by Gasteiger charge is 2.45. The fourth-order valence-corrected chi connectivity index (χ4v) is 3.64. The van der Waals surface area contributed by atoms with Gasteiger partial charge in [-0.15, -0.1) is 0 Å². The molecule has 3 aliphatic rings. The Morgan fingerprint density at radius 1 is 1.09 bits per heavy atom. The molecule has 0 aromatic carbocycles. The van der Waals surface area contributed by atoms with Crippen molar-refractivity contribution in [2.45, 2.75) is 32.0 Å². The van der Waals surface area contributed by atoms with E-state index in [1.54, 1.807) is 0 Å². The lowest BCUT2D eigenvalue weighted by Gasteiger charge is -2.56. The Bertz CT molecular complexity index is 645. The highest BCUT2D eigenvalue weighted by Crippen LogP contribution is 2.35. The third-order valence-corrected chi connectivity index (χ3v) is 4.91. The monoisotopic (exact) mass is 359 g/mol. The van der Waals surface area contributed by atoms with E-state index in [9.17, 15) is 0 Å². The summed E-state index contributed by atoms with van der Waals surface area (Å²) in [5, 5.41) is 0. The van der Waals surface area contributed by atoms with Crippen molar-refractivity contribution in [1.29, 1.82) is 0 Å². The van der Waals surface area contributed by atoms with E-state index in [0.717, 1.165) is 41.3 Å². The number of hydrogen-bond donors (Lipinski definition) is 0. The summed E-state index contributed by atoms with van der Waals surface area (Å²) in [6, 6.07) is 5.22. The van der Waals surface area contributed by atoms with Crippen LogP contribution in [0.2, 0.25) is 0 Å². The number of rotatable bonds is 3.